The molecule has 2 heterocycles. The van der Waals surface area contributed by atoms with Crippen molar-refractivity contribution in [2.75, 3.05) is 46.6 Å². The average Bonchev–Trinajstić information content (AvgIpc) is 3.09. The van der Waals surface area contributed by atoms with Crippen LogP contribution in [0, 0.1) is 25.2 Å². The number of hydrogen-bond acceptors (Lipinski definition) is 5. The Balaban J connectivity index is 1.75. The summed E-state index contributed by atoms with van der Waals surface area (Å²) in [6.07, 6.45) is 7.49. The summed E-state index contributed by atoms with van der Waals surface area (Å²) in [5.41, 5.74) is 3.15. The maximum absolute atomic E-state index is 13.0. The van der Waals surface area contributed by atoms with Crippen LogP contribution in [0.25, 0.3) is 6.08 Å². The van der Waals surface area contributed by atoms with E-state index in [1.807, 2.05) is 19.9 Å². The van der Waals surface area contributed by atoms with Gasteiger partial charge in [-0.15, -0.1) is 0 Å². The molecule has 1 aliphatic heterocycles. The zero-order valence-corrected chi connectivity index (χ0v) is 20.1. The second-order valence-electron chi connectivity index (χ2n) is 9.24. The highest BCUT2D eigenvalue weighted by molar-refractivity contribution is 6.01. The molecule has 7 heteroatoms. The molecule has 1 saturated carbocycles. The molecule has 1 amide bonds. The van der Waals surface area contributed by atoms with Crippen LogP contribution in [-0.2, 0) is 14.3 Å². The van der Waals surface area contributed by atoms with Crippen molar-refractivity contribution in [1.29, 1.82) is 5.26 Å². The molecule has 1 N–H and O–H groups in total. The minimum Gasteiger partial charge on any atom is -0.383 e. The lowest BCUT2D eigenvalue weighted by atomic mass is 9.79. The van der Waals surface area contributed by atoms with Crippen LogP contribution in [0.4, 0.5) is 0 Å². The van der Waals surface area contributed by atoms with Gasteiger partial charge in [0.2, 0.25) is 0 Å². The van der Waals surface area contributed by atoms with E-state index in [9.17, 15) is 10.1 Å². The fraction of sp³-hybridized carbons (Fsp3) is 0.680. The van der Waals surface area contributed by atoms with Gasteiger partial charge in [-0.1, -0.05) is 19.3 Å². The third kappa shape index (κ3) is 5.43. The number of aromatic nitrogens is 1. The van der Waals surface area contributed by atoms with Crippen molar-refractivity contribution in [3.05, 3.63) is 28.6 Å². The molecule has 2 aliphatic rings. The van der Waals surface area contributed by atoms with Crippen LogP contribution in [0.2, 0.25) is 0 Å². The normalized spacial score (nSPS) is 20.5. The van der Waals surface area contributed by atoms with Crippen LogP contribution in [0.1, 0.15) is 62.0 Å². The van der Waals surface area contributed by atoms with Crippen molar-refractivity contribution in [3.63, 3.8) is 0 Å². The van der Waals surface area contributed by atoms with Gasteiger partial charge >= 0.3 is 0 Å². The summed E-state index contributed by atoms with van der Waals surface area (Å²) in [4.78, 5) is 15.5. The first-order valence-corrected chi connectivity index (χ1v) is 11.8. The van der Waals surface area contributed by atoms with E-state index in [-0.39, 0.29) is 23.1 Å². The fourth-order valence-corrected chi connectivity index (χ4v) is 5.44. The Morgan fingerprint density at radius 1 is 1.31 bits per heavy atom. The molecular weight excluding hydrogens is 404 g/mol. The number of hydrogen-bond donors (Lipinski definition) is 1. The summed E-state index contributed by atoms with van der Waals surface area (Å²) in [7, 11) is 1.69. The number of carbonyl (C=O) groups excluding carboxylic acids is 1. The Hall–Kier alpha value is -2.14. The van der Waals surface area contributed by atoms with Gasteiger partial charge in [0.15, 0.2) is 0 Å². The van der Waals surface area contributed by atoms with Crippen molar-refractivity contribution < 1.29 is 14.3 Å². The molecule has 1 atom stereocenters. The Morgan fingerprint density at radius 2 is 2.00 bits per heavy atom. The number of carbonyl (C=O) groups is 1. The van der Waals surface area contributed by atoms with E-state index >= 15 is 0 Å². The zero-order chi connectivity index (χ0) is 23.1. The predicted octanol–water partition coefficient (Wildman–Crippen LogP) is 3.37. The second-order valence-corrected chi connectivity index (χ2v) is 9.24. The quantitative estimate of drug-likeness (QED) is 0.493. The van der Waals surface area contributed by atoms with Crippen LogP contribution in [0.15, 0.2) is 11.6 Å². The van der Waals surface area contributed by atoms with Crippen molar-refractivity contribution in [2.45, 2.75) is 64.5 Å². The van der Waals surface area contributed by atoms with E-state index in [1.165, 1.54) is 19.3 Å². The van der Waals surface area contributed by atoms with Gasteiger partial charge in [-0.25, -0.2) is 0 Å². The first kappa shape index (κ1) is 24.5. The molecule has 7 nitrogen and oxygen atoms in total. The van der Waals surface area contributed by atoms with E-state index < -0.39 is 0 Å². The highest BCUT2D eigenvalue weighted by Crippen LogP contribution is 2.34. The second kappa shape index (κ2) is 11.1. The van der Waals surface area contributed by atoms with Crippen molar-refractivity contribution in [2.24, 2.45) is 0 Å². The van der Waals surface area contributed by atoms with Gasteiger partial charge in [0.05, 0.1) is 25.9 Å². The van der Waals surface area contributed by atoms with E-state index in [0.29, 0.717) is 13.2 Å². The van der Waals surface area contributed by atoms with Gasteiger partial charge in [-0.05, 0) is 51.3 Å². The number of aryl methyl sites for hydroxylation is 1. The summed E-state index contributed by atoms with van der Waals surface area (Å²) in [6.45, 7) is 10.6. The van der Waals surface area contributed by atoms with E-state index in [2.05, 4.69) is 27.8 Å². The van der Waals surface area contributed by atoms with Gasteiger partial charge in [0, 0.05) is 43.7 Å². The molecule has 2 fully saturated rings. The molecule has 1 aliphatic carbocycles. The lowest BCUT2D eigenvalue weighted by Gasteiger charge is -2.48. The van der Waals surface area contributed by atoms with Gasteiger partial charge in [-0.3, -0.25) is 9.69 Å². The highest BCUT2D eigenvalue weighted by Gasteiger charge is 2.39. The van der Waals surface area contributed by atoms with Gasteiger partial charge in [0.1, 0.15) is 11.6 Å². The monoisotopic (exact) mass is 442 g/mol. The Morgan fingerprint density at radius 3 is 2.62 bits per heavy atom. The van der Waals surface area contributed by atoms with Gasteiger partial charge < -0.3 is 19.4 Å². The maximum Gasteiger partial charge on any atom is 0.262 e. The number of nitriles is 1. The van der Waals surface area contributed by atoms with Crippen molar-refractivity contribution in [1.82, 2.24) is 14.8 Å². The fourth-order valence-electron chi connectivity index (χ4n) is 5.44. The van der Waals surface area contributed by atoms with Crippen LogP contribution in [-0.4, -0.2) is 67.5 Å². The molecular formula is C25H38N4O3. The average molecular weight is 443 g/mol. The smallest absolute Gasteiger partial charge is 0.262 e. The molecule has 0 spiro atoms. The Kier molecular flexibility index (Phi) is 8.52. The lowest BCUT2D eigenvalue weighted by molar-refractivity contribution is -0.118. The summed E-state index contributed by atoms with van der Waals surface area (Å²) in [5.74, 6) is -0.291. The van der Waals surface area contributed by atoms with E-state index in [4.69, 9.17) is 9.47 Å². The first-order chi connectivity index (χ1) is 15.4. The minimum atomic E-state index is -0.291. The van der Waals surface area contributed by atoms with Gasteiger partial charge in [-0.2, -0.15) is 5.26 Å². The summed E-state index contributed by atoms with van der Waals surface area (Å²) < 4.78 is 13.0. The number of nitrogens with one attached hydrogen (secondary N) is 1. The van der Waals surface area contributed by atoms with Crippen LogP contribution in [0.3, 0.4) is 0 Å². The third-order valence-corrected chi connectivity index (χ3v) is 7.08. The molecule has 1 aromatic rings. The molecule has 1 saturated heterocycles. The summed E-state index contributed by atoms with van der Waals surface area (Å²) in [5, 5.41) is 12.8. The number of rotatable bonds is 8. The van der Waals surface area contributed by atoms with E-state index in [0.717, 1.165) is 56.1 Å². The minimum absolute atomic E-state index is 0.0241. The molecule has 1 aromatic heterocycles. The van der Waals surface area contributed by atoms with Crippen LogP contribution >= 0.6 is 0 Å². The summed E-state index contributed by atoms with van der Waals surface area (Å²) in [6, 6.07) is 4.33. The molecule has 32 heavy (non-hydrogen) atoms. The molecule has 176 valence electrons. The molecule has 0 radical (unpaired) electrons. The summed E-state index contributed by atoms with van der Waals surface area (Å²) >= 11 is 0. The molecule has 3 rings (SSSR count). The largest absolute Gasteiger partial charge is 0.383 e. The SMILES string of the molecule is COCC(C)n1c(C)cc(/C=C(/C#N)C(=O)NCC2(N3CCOCC3)CCCCC2)c1C. The Labute approximate surface area is 192 Å². The molecule has 0 aromatic carbocycles. The van der Waals surface area contributed by atoms with E-state index in [1.54, 1.807) is 13.2 Å². The standard InChI is InChI=1S/C25H38N4O3/c1-19-14-22(21(3)29(19)20(2)17-31-4)15-23(16-26)24(30)27-18-25(8-6-5-7-9-25)28-10-12-32-13-11-28/h14-15,20H,5-13,17-18H2,1-4H3,(H,27,30)/b23-15-. The topological polar surface area (TPSA) is 79.5 Å². The zero-order valence-electron chi connectivity index (χ0n) is 20.1. The van der Waals surface area contributed by atoms with Crippen molar-refractivity contribution >= 4 is 12.0 Å². The lowest BCUT2D eigenvalue weighted by Crippen LogP contribution is -2.59. The highest BCUT2D eigenvalue weighted by atomic mass is 16.5. The maximum atomic E-state index is 13.0. The number of amides is 1. The van der Waals surface area contributed by atoms with Crippen molar-refractivity contribution in [3.8, 4) is 6.07 Å². The predicted molar refractivity (Wildman–Crippen MR) is 125 cm³/mol. The van der Waals surface area contributed by atoms with Gasteiger partial charge in [0.25, 0.3) is 5.91 Å². The van der Waals surface area contributed by atoms with Crippen LogP contribution in [0.5, 0.6) is 0 Å². The number of ether oxygens (including phenoxy) is 2. The number of methoxy groups -OCH3 is 1. The number of nitrogens with zero attached hydrogens (tertiary/aromatic N) is 3. The molecule has 0 bridgehead atoms. The first-order valence-electron chi connectivity index (χ1n) is 11.8. The third-order valence-electron chi connectivity index (χ3n) is 7.08. The Bertz CT molecular complexity index is 855. The molecule has 1 unspecified atom stereocenters. The van der Waals surface area contributed by atoms with Crippen LogP contribution < -0.4 is 5.32 Å². The number of morpholine rings is 1.